The molecule has 0 radical (unpaired) electrons. The van der Waals surface area contributed by atoms with Crippen LogP contribution in [0.5, 0.6) is 0 Å². The van der Waals surface area contributed by atoms with Crippen LogP contribution in [0, 0.1) is 26.6 Å². The lowest BCUT2D eigenvalue weighted by Crippen LogP contribution is -2.30. The molecule has 108 valence electrons. The zero-order chi connectivity index (χ0) is 14.9. The van der Waals surface area contributed by atoms with E-state index in [1.54, 1.807) is 6.07 Å². The summed E-state index contributed by atoms with van der Waals surface area (Å²) in [5, 5.41) is 4.39. The molecule has 20 heavy (non-hydrogen) atoms. The van der Waals surface area contributed by atoms with Crippen LogP contribution in [0.2, 0.25) is 0 Å². The summed E-state index contributed by atoms with van der Waals surface area (Å²) in [7, 11) is 1.91. The highest BCUT2D eigenvalue weighted by Gasteiger charge is 2.19. The van der Waals surface area contributed by atoms with E-state index in [1.807, 2.05) is 38.6 Å². The standard InChI is InChI=1S/C15H21FN4/c1-9-5-6-14(16)13(7-9)15(18-17)8-12-10(2)19-20(4)11(12)3/h5-7,15,18H,8,17H2,1-4H3. The number of benzene rings is 1. The molecule has 2 rings (SSSR count). The second-order valence-corrected chi connectivity index (χ2v) is 5.22. The van der Waals surface area contributed by atoms with Gasteiger partial charge in [0.2, 0.25) is 0 Å². The first-order valence-electron chi connectivity index (χ1n) is 6.65. The van der Waals surface area contributed by atoms with Crippen molar-refractivity contribution in [2.45, 2.75) is 33.2 Å². The third kappa shape index (κ3) is 2.73. The molecule has 0 aliphatic rings. The van der Waals surface area contributed by atoms with Crippen LogP contribution in [0.1, 0.15) is 34.1 Å². The molecular formula is C15H21FN4. The fourth-order valence-electron chi connectivity index (χ4n) is 2.51. The van der Waals surface area contributed by atoms with Crippen molar-refractivity contribution in [3.05, 3.63) is 52.1 Å². The topological polar surface area (TPSA) is 55.9 Å². The summed E-state index contributed by atoms with van der Waals surface area (Å²) in [5.74, 6) is 5.40. The number of aryl methyl sites for hydroxylation is 3. The highest BCUT2D eigenvalue weighted by atomic mass is 19.1. The third-order valence-corrected chi connectivity index (χ3v) is 3.80. The molecule has 1 heterocycles. The Hall–Kier alpha value is -1.72. The summed E-state index contributed by atoms with van der Waals surface area (Å²) in [4.78, 5) is 0. The van der Waals surface area contributed by atoms with Crippen molar-refractivity contribution in [2.24, 2.45) is 12.9 Å². The molecule has 4 nitrogen and oxygen atoms in total. The lowest BCUT2D eigenvalue weighted by molar-refractivity contribution is 0.508. The molecule has 0 saturated carbocycles. The third-order valence-electron chi connectivity index (χ3n) is 3.80. The fourth-order valence-corrected chi connectivity index (χ4v) is 2.51. The molecule has 0 bridgehead atoms. The Morgan fingerprint density at radius 3 is 2.60 bits per heavy atom. The number of nitrogens with two attached hydrogens (primary N) is 1. The summed E-state index contributed by atoms with van der Waals surface area (Å²) in [6, 6.07) is 4.81. The van der Waals surface area contributed by atoms with Gasteiger partial charge >= 0.3 is 0 Å². The van der Waals surface area contributed by atoms with E-state index in [4.69, 9.17) is 5.84 Å². The predicted octanol–water partition coefficient (Wildman–Crippen LogP) is 2.23. The molecule has 0 aliphatic heterocycles. The van der Waals surface area contributed by atoms with E-state index >= 15 is 0 Å². The number of hydrazine groups is 1. The van der Waals surface area contributed by atoms with E-state index in [0.29, 0.717) is 12.0 Å². The second-order valence-electron chi connectivity index (χ2n) is 5.22. The molecule has 0 amide bonds. The van der Waals surface area contributed by atoms with Gasteiger partial charge in [0.25, 0.3) is 0 Å². The van der Waals surface area contributed by atoms with E-state index in [1.165, 1.54) is 6.07 Å². The maximum absolute atomic E-state index is 14.0. The van der Waals surface area contributed by atoms with Crippen molar-refractivity contribution in [3.63, 3.8) is 0 Å². The van der Waals surface area contributed by atoms with Crippen LogP contribution in [0.15, 0.2) is 18.2 Å². The number of aromatic nitrogens is 2. The van der Waals surface area contributed by atoms with E-state index in [9.17, 15) is 4.39 Å². The second kappa shape index (κ2) is 5.73. The molecule has 1 atom stereocenters. The lowest BCUT2D eigenvalue weighted by Gasteiger charge is -2.18. The van der Waals surface area contributed by atoms with Gasteiger partial charge in [-0.05, 0) is 38.8 Å². The first-order valence-corrected chi connectivity index (χ1v) is 6.65. The molecule has 0 saturated heterocycles. The molecular weight excluding hydrogens is 255 g/mol. The first kappa shape index (κ1) is 14.7. The summed E-state index contributed by atoms with van der Waals surface area (Å²) in [5.41, 5.74) is 7.47. The van der Waals surface area contributed by atoms with Gasteiger partial charge in [0.05, 0.1) is 11.7 Å². The van der Waals surface area contributed by atoms with Crippen molar-refractivity contribution in [2.75, 3.05) is 0 Å². The fraction of sp³-hybridized carbons (Fsp3) is 0.400. The molecule has 1 aromatic carbocycles. The summed E-state index contributed by atoms with van der Waals surface area (Å²) < 4.78 is 15.8. The lowest BCUT2D eigenvalue weighted by atomic mass is 9.96. The summed E-state index contributed by atoms with van der Waals surface area (Å²) in [6.45, 7) is 5.91. The van der Waals surface area contributed by atoms with Crippen LogP contribution in [0.3, 0.4) is 0 Å². The zero-order valence-corrected chi connectivity index (χ0v) is 12.4. The number of nitrogens with zero attached hydrogens (tertiary/aromatic N) is 2. The van der Waals surface area contributed by atoms with Gasteiger partial charge in [-0.3, -0.25) is 16.0 Å². The van der Waals surface area contributed by atoms with Crippen molar-refractivity contribution in [3.8, 4) is 0 Å². The number of rotatable bonds is 4. The Bertz CT molecular complexity index is 619. The molecule has 0 aliphatic carbocycles. The van der Waals surface area contributed by atoms with Crippen molar-refractivity contribution >= 4 is 0 Å². The minimum absolute atomic E-state index is 0.238. The van der Waals surface area contributed by atoms with Crippen LogP contribution in [-0.4, -0.2) is 9.78 Å². The van der Waals surface area contributed by atoms with Crippen molar-refractivity contribution < 1.29 is 4.39 Å². The van der Waals surface area contributed by atoms with Gasteiger partial charge in [-0.2, -0.15) is 5.10 Å². The quantitative estimate of drug-likeness (QED) is 0.665. The van der Waals surface area contributed by atoms with E-state index in [-0.39, 0.29) is 11.9 Å². The Morgan fingerprint density at radius 1 is 1.35 bits per heavy atom. The largest absolute Gasteiger partial charge is 0.272 e. The van der Waals surface area contributed by atoms with Crippen molar-refractivity contribution in [1.82, 2.24) is 15.2 Å². The van der Waals surface area contributed by atoms with Crippen LogP contribution in [0.4, 0.5) is 4.39 Å². The van der Waals surface area contributed by atoms with Crippen LogP contribution >= 0.6 is 0 Å². The van der Waals surface area contributed by atoms with E-state index < -0.39 is 0 Å². The maximum atomic E-state index is 14.0. The van der Waals surface area contributed by atoms with Gasteiger partial charge < -0.3 is 0 Å². The normalized spacial score (nSPS) is 12.7. The molecule has 2 aromatic rings. The Morgan fingerprint density at radius 2 is 2.05 bits per heavy atom. The van der Waals surface area contributed by atoms with Gasteiger partial charge in [0.1, 0.15) is 5.82 Å². The Kier molecular flexibility index (Phi) is 4.20. The average molecular weight is 276 g/mol. The van der Waals surface area contributed by atoms with E-state index in [0.717, 1.165) is 22.5 Å². The SMILES string of the molecule is Cc1ccc(F)c(C(Cc2c(C)nn(C)c2C)NN)c1. The zero-order valence-electron chi connectivity index (χ0n) is 12.4. The van der Waals surface area contributed by atoms with Gasteiger partial charge in [-0.25, -0.2) is 4.39 Å². The molecule has 5 heteroatoms. The predicted molar refractivity (Wildman–Crippen MR) is 77.6 cm³/mol. The average Bonchev–Trinajstić information content (AvgIpc) is 2.65. The molecule has 0 fully saturated rings. The molecule has 0 spiro atoms. The molecule has 3 N–H and O–H groups in total. The van der Waals surface area contributed by atoms with Crippen LogP contribution in [0.25, 0.3) is 0 Å². The number of hydrogen-bond donors (Lipinski definition) is 2. The van der Waals surface area contributed by atoms with Gasteiger partial charge in [-0.15, -0.1) is 0 Å². The minimum Gasteiger partial charge on any atom is -0.272 e. The summed E-state index contributed by atoms with van der Waals surface area (Å²) in [6.07, 6.45) is 0.613. The Balaban J connectivity index is 2.36. The van der Waals surface area contributed by atoms with Gasteiger partial charge in [0.15, 0.2) is 0 Å². The van der Waals surface area contributed by atoms with Crippen molar-refractivity contribution in [1.29, 1.82) is 0 Å². The Labute approximate surface area is 118 Å². The minimum atomic E-state index is -0.267. The van der Waals surface area contributed by atoms with E-state index in [2.05, 4.69) is 10.5 Å². The molecule has 1 aromatic heterocycles. The summed E-state index contributed by atoms with van der Waals surface area (Å²) >= 11 is 0. The number of halogens is 1. The van der Waals surface area contributed by atoms with Crippen LogP contribution in [-0.2, 0) is 13.5 Å². The highest BCUT2D eigenvalue weighted by molar-refractivity contribution is 5.31. The van der Waals surface area contributed by atoms with Crippen LogP contribution < -0.4 is 11.3 Å². The smallest absolute Gasteiger partial charge is 0.128 e. The number of nitrogens with one attached hydrogen (secondary N) is 1. The highest BCUT2D eigenvalue weighted by Crippen LogP contribution is 2.24. The monoisotopic (exact) mass is 276 g/mol. The first-order chi connectivity index (χ1) is 9.43. The maximum Gasteiger partial charge on any atom is 0.128 e. The van der Waals surface area contributed by atoms with Gasteiger partial charge in [0, 0.05) is 18.3 Å². The van der Waals surface area contributed by atoms with Gasteiger partial charge in [-0.1, -0.05) is 17.7 Å². The molecule has 1 unspecified atom stereocenters. The number of hydrogen-bond acceptors (Lipinski definition) is 3.